The quantitative estimate of drug-likeness (QED) is 0.483. The van der Waals surface area contributed by atoms with Crippen molar-refractivity contribution in [1.82, 2.24) is 0 Å². The van der Waals surface area contributed by atoms with Crippen LogP contribution in [-0.4, -0.2) is 13.3 Å². The smallest absolute Gasteiger partial charge is 0.488 e. The van der Waals surface area contributed by atoms with E-state index in [4.69, 9.17) is 9.47 Å². The Hall–Kier alpha value is -2.08. The van der Waals surface area contributed by atoms with Crippen LogP contribution >= 0.6 is 15.9 Å². The van der Waals surface area contributed by atoms with E-state index >= 15 is 0 Å². The largest absolute Gasteiger partial charge is 0.513 e. The van der Waals surface area contributed by atoms with E-state index in [0.717, 1.165) is 22.9 Å². The minimum absolute atomic E-state index is 0.135. The summed E-state index contributed by atoms with van der Waals surface area (Å²) in [5.41, 5.74) is 2.29. The van der Waals surface area contributed by atoms with E-state index in [2.05, 4.69) is 20.7 Å². The maximum atomic E-state index is 14.0. The van der Waals surface area contributed by atoms with Gasteiger partial charge in [-0.25, -0.2) is 9.18 Å². The highest BCUT2D eigenvalue weighted by Crippen LogP contribution is 2.45. The van der Waals surface area contributed by atoms with E-state index < -0.39 is 6.16 Å². The molecule has 4 nitrogen and oxygen atoms in total. The van der Waals surface area contributed by atoms with Crippen LogP contribution in [0.4, 0.5) is 9.18 Å². The van der Waals surface area contributed by atoms with Crippen molar-refractivity contribution in [3.8, 4) is 11.5 Å². The lowest BCUT2D eigenvalue weighted by Gasteiger charge is -2.15. The van der Waals surface area contributed by atoms with Gasteiger partial charge in [-0.3, -0.25) is 0 Å². The Morgan fingerprint density at radius 2 is 2.04 bits per heavy atom. The van der Waals surface area contributed by atoms with Gasteiger partial charge in [-0.15, -0.1) is 0 Å². The second kappa shape index (κ2) is 7.44. The lowest BCUT2D eigenvalue weighted by Crippen LogP contribution is -2.10. The first-order valence-corrected chi connectivity index (χ1v) is 8.75. The Balaban J connectivity index is 1.85. The summed E-state index contributed by atoms with van der Waals surface area (Å²) in [5, 5.41) is 0. The van der Waals surface area contributed by atoms with Crippen LogP contribution in [0, 0.1) is 12.7 Å². The molecule has 0 saturated heterocycles. The molecule has 1 fully saturated rings. The Morgan fingerprint density at radius 3 is 2.72 bits per heavy atom. The number of hydrogen-bond acceptors (Lipinski definition) is 4. The van der Waals surface area contributed by atoms with Crippen molar-refractivity contribution in [2.24, 2.45) is 0 Å². The molecule has 0 N–H and O–H groups in total. The Morgan fingerprint density at radius 1 is 1.28 bits per heavy atom. The van der Waals surface area contributed by atoms with Crippen LogP contribution in [0.2, 0.25) is 0 Å². The highest BCUT2D eigenvalue weighted by Gasteiger charge is 2.28. The van der Waals surface area contributed by atoms with Gasteiger partial charge in [-0.05, 0) is 55.0 Å². The van der Waals surface area contributed by atoms with Crippen molar-refractivity contribution in [2.75, 3.05) is 7.11 Å². The molecule has 0 atom stereocenters. The standard InChI is InChI=1S/C19H18BrFO4/c1-11-8-13(12-6-7-12)18(9-16(11)21)24-10-14-15(20)4-3-5-17(14)25-19(22)23-2/h3-5,8-9,12H,6-7,10H2,1-2H3. The first-order chi connectivity index (χ1) is 12.0. The van der Waals surface area contributed by atoms with Gasteiger partial charge in [0.05, 0.1) is 7.11 Å². The fraction of sp³-hybridized carbons (Fsp3) is 0.316. The molecule has 25 heavy (non-hydrogen) atoms. The molecule has 1 aliphatic carbocycles. The van der Waals surface area contributed by atoms with Crippen molar-refractivity contribution in [1.29, 1.82) is 0 Å². The molecule has 6 heteroatoms. The number of rotatable bonds is 5. The minimum Gasteiger partial charge on any atom is -0.488 e. The van der Waals surface area contributed by atoms with Gasteiger partial charge in [-0.2, -0.15) is 0 Å². The summed E-state index contributed by atoms with van der Waals surface area (Å²) in [5.74, 6) is 1.00. The molecule has 0 bridgehead atoms. The molecule has 1 saturated carbocycles. The van der Waals surface area contributed by atoms with Crippen molar-refractivity contribution in [3.63, 3.8) is 0 Å². The molecule has 0 aliphatic heterocycles. The van der Waals surface area contributed by atoms with Gasteiger partial charge in [0.1, 0.15) is 23.9 Å². The van der Waals surface area contributed by atoms with Crippen LogP contribution in [0.3, 0.4) is 0 Å². The molecular weight excluding hydrogens is 391 g/mol. The fourth-order valence-corrected chi connectivity index (χ4v) is 3.04. The minimum atomic E-state index is -0.806. The van der Waals surface area contributed by atoms with Gasteiger partial charge >= 0.3 is 6.16 Å². The summed E-state index contributed by atoms with van der Waals surface area (Å²) in [6, 6.07) is 8.50. The second-order valence-corrected chi connectivity index (χ2v) is 6.83. The number of benzene rings is 2. The third kappa shape index (κ3) is 4.12. The van der Waals surface area contributed by atoms with Crippen LogP contribution in [0.1, 0.15) is 35.4 Å². The summed E-state index contributed by atoms with van der Waals surface area (Å²) in [7, 11) is 1.24. The number of carbonyl (C=O) groups excluding carboxylic acids is 1. The zero-order valence-corrected chi connectivity index (χ0v) is 15.6. The molecule has 0 aromatic heterocycles. The highest BCUT2D eigenvalue weighted by atomic mass is 79.9. The number of methoxy groups -OCH3 is 1. The van der Waals surface area contributed by atoms with Gasteiger partial charge < -0.3 is 14.2 Å². The van der Waals surface area contributed by atoms with Crippen LogP contribution in [0.5, 0.6) is 11.5 Å². The molecular formula is C19H18BrFO4. The van der Waals surface area contributed by atoms with Gasteiger partial charge in [-0.1, -0.05) is 22.0 Å². The Kier molecular flexibility index (Phi) is 5.27. The summed E-state index contributed by atoms with van der Waals surface area (Å²) >= 11 is 3.43. The molecule has 0 unspecified atom stereocenters. The third-order valence-corrected chi connectivity index (χ3v) is 4.86. The number of aryl methyl sites for hydroxylation is 1. The first-order valence-electron chi connectivity index (χ1n) is 7.95. The van der Waals surface area contributed by atoms with Crippen LogP contribution in [0.25, 0.3) is 0 Å². The second-order valence-electron chi connectivity index (χ2n) is 5.97. The molecule has 3 rings (SSSR count). The maximum Gasteiger partial charge on any atom is 0.513 e. The SMILES string of the molecule is COC(=O)Oc1cccc(Br)c1COc1cc(F)c(C)cc1C1CC1. The van der Waals surface area contributed by atoms with E-state index in [9.17, 15) is 9.18 Å². The van der Waals surface area contributed by atoms with Gasteiger partial charge in [0, 0.05) is 16.1 Å². The van der Waals surface area contributed by atoms with E-state index in [1.807, 2.05) is 12.1 Å². The summed E-state index contributed by atoms with van der Waals surface area (Å²) in [6.07, 6.45) is 1.37. The summed E-state index contributed by atoms with van der Waals surface area (Å²) in [6.45, 7) is 1.89. The summed E-state index contributed by atoms with van der Waals surface area (Å²) in [4.78, 5) is 11.4. The molecule has 0 amide bonds. The average Bonchev–Trinajstić information content (AvgIpc) is 3.42. The van der Waals surface area contributed by atoms with Crippen molar-refractivity contribution in [3.05, 3.63) is 57.3 Å². The number of hydrogen-bond donors (Lipinski definition) is 0. The number of carbonyl (C=O) groups is 1. The fourth-order valence-electron chi connectivity index (χ4n) is 2.58. The molecule has 0 heterocycles. The molecule has 0 radical (unpaired) electrons. The molecule has 2 aromatic carbocycles. The van der Waals surface area contributed by atoms with Gasteiger partial charge in [0.2, 0.25) is 0 Å². The molecule has 2 aromatic rings. The summed E-state index contributed by atoms with van der Waals surface area (Å²) < 4.78 is 30.3. The van der Waals surface area contributed by atoms with E-state index in [1.54, 1.807) is 19.1 Å². The number of ether oxygens (including phenoxy) is 3. The van der Waals surface area contributed by atoms with Crippen molar-refractivity contribution < 1.29 is 23.4 Å². The highest BCUT2D eigenvalue weighted by molar-refractivity contribution is 9.10. The zero-order valence-electron chi connectivity index (χ0n) is 14.0. The van der Waals surface area contributed by atoms with Crippen molar-refractivity contribution in [2.45, 2.75) is 32.3 Å². The molecule has 132 valence electrons. The normalized spacial score (nSPS) is 13.4. The molecule has 0 spiro atoms. The Bertz CT molecular complexity index is 802. The predicted octanol–water partition coefficient (Wildman–Crippen LogP) is 5.50. The maximum absolute atomic E-state index is 14.0. The van der Waals surface area contributed by atoms with Crippen LogP contribution in [-0.2, 0) is 11.3 Å². The lowest BCUT2D eigenvalue weighted by atomic mass is 10.1. The van der Waals surface area contributed by atoms with E-state index in [1.165, 1.54) is 13.2 Å². The van der Waals surface area contributed by atoms with E-state index in [-0.39, 0.29) is 12.4 Å². The first kappa shape index (κ1) is 17.7. The van der Waals surface area contributed by atoms with Crippen LogP contribution < -0.4 is 9.47 Å². The lowest BCUT2D eigenvalue weighted by molar-refractivity contribution is 0.120. The third-order valence-electron chi connectivity index (χ3n) is 4.12. The van der Waals surface area contributed by atoms with E-state index in [0.29, 0.717) is 28.5 Å². The predicted molar refractivity (Wildman–Crippen MR) is 94.6 cm³/mol. The van der Waals surface area contributed by atoms with Gasteiger partial charge in [0.15, 0.2) is 0 Å². The molecule has 1 aliphatic rings. The topological polar surface area (TPSA) is 44.8 Å². The monoisotopic (exact) mass is 408 g/mol. The Labute approximate surface area is 154 Å². The number of halogens is 2. The van der Waals surface area contributed by atoms with Crippen molar-refractivity contribution >= 4 is 22.1 Å². The van der Waals surface area contributed by atoms with Gasteiger partial charge in [0.25, 0.3) is 0 Å². The average molecular weight is 409 g/mol. The van der Waals surface area contributed by atoms with Crippen LogP contribution in [0.15, 0.2) is 34.8 Å². The zero-order chi connectivity index (χ0) is 18.0.